The quantitative estimate of drug-likeness (QED) is 0.699. The van der Waals surface area contributed by atoms with Gasteiger partial charge in [0.1, 0.15) is 0 Å². The molecule has 1 heterocycles. The second kappa shape index (κ2) is 4.20. The molecule has 0 saturated carbocycles. The van der Waals surface area contributed by atoms with E-state index in [1.807, 2.05) is 47.2 Å². The van der Waals surface area contributed by atoms with Crippen molar-refractivity contribution >= 4 is 17.1 Å². The fourth-order valence-corrected chi connectivity index (χ4v) is 1.97. The van der Waals surface area contributed by atoms with Crippen LogP contribution in [-0.2, 0) is 6.42 Å². The summed E-state index contributed by atoms with van der Waals surface area (Å²) < 4.78 is 0. The maximum atomic E-state index is 11.7. The van der Waals surface area contributed by atoms with Crippen LogP contribution in [0.5, 0.6) is 0 Å². The molecule has 0 amide bonds. The zero-order valence-corrected chi connectivity index (χ0v) is 8.46. The molecular formula is C12H10OS. The molecule has 2 aromatic rings. The molecule has 70 valence electrons. The first-order chi connectivity index (χ1) is 6.86. The van der Waals surface area contributed by atoms with E-state index in [1.54, 1.807) is 11.3 Å². The Hall–Kier alpha value is -1.41. The minimum Gasteiger partial charge on any atom is -0.294 e. The van der Waals surface area contributed by atoms with E-state index in [2.05, 4.69) is 0 Å². The van der Waals surface area contributed by atoms with E-state index in [-0.39, 0.29) is 5.78 Å². The van der Waals surface area contributed by atoms with Crippen LogP contribution in [0.1, 0.15) is 15.9 Å². The Bertz CT molecular complexity index is 403. The van der Waals surface area contributed by atoms with Crippen LogP contribution in [0.25, 0.3) is 0 Å². The summed E-state index contributed by atoms with van der Waals surface area (Å²) in [6.07, 6.45) is 0.498. The Morgan fingerprint density at radius 1 is 1.14 bits per heavy atom. The summed E-state index contributed by atoms with van der Waals surface area (Å²) >= 11 is 1.56. The van der Waals surface area contributed by atoms with Crippen molar-refractivity contribution in [1.82, 2.24) is 0 Å². The Balaban J connectivity index is 2.10. The number of carbonyl (C=O) groups is 1. The van der Waals surface area contributed by atoms with E-state index in [1.165, 1.54) is 0 Å². The van der Waals surface area contributed by atoms with Gasteiger partial charge in [-0.2, -0.15) is 11.3 Å². The molecular weight excluding hydrogens is 192 g/mol. The smallest absolute Gasteiger partial charge is 0.168 e. The first-order valence-corrected chi connectivity index (χ1v) is 5.40. The number of benzene rings is 1. The van der Waals surface area contributed by atoms with Crippen LogP contribution in [0.15, 0.2) is 47.2 Å². The Morgan fingerprint density at radius 3 is 2.57 bits per heavy atom. The highest BCUT2D eigenvalue weighted by Crippen LogP contribution is 2.10. The van der Waals surface area contributed by atoms with Crippen LogP contribution in [0.4, 0.5) is 0 Å². The topological polar surface area (TPSA) is 17.1 Å². The van der Waals surface area contributed by atoms with Crippen molar-refractivity contribution < 1.29 is 4.79 Å². The van der Waals surface area contributed by atoms with Gasteiger partial charge in [-0.3, -0.25) is 4.79 Å². The summed E-state index contributed by atoms with van der Waals surface area (Å²) in [5, 5.41) is 3.82. The van der Waals surface area contributed by atoms with Crippen molar-refractivity contribution in [3.05, 3.63) is 58.3 Å². The fourth-order valence-electron chi connectivity index (χ4n) is 1.31. The van der Waals surface area contributed by atoms with E-state index in [0.29, 0.717) is 6.42 Å². The number of carbonyl (C=O) groups excluding carboxylic acids is 1. The third kappa shape index (κ3) is 2.09. The fraction of sp³-hybridized carbons (Fsp3) is 0.0833. The molecule has 1 nitrogen and oxygen atoms in total. The van der Waals surface area contributed by atoms with E-state index in [0.717, 1.165) is 11.1 Å². The molecule has 0 bridgehead atoms. The molecule has 2 heteroatoms. The third-order valence-corrected chi connectivity index (χ3v) is 2.73. The normalized spacial score (nSPS) is 10.0. The molecule has 0 N–H and O–H groups in total. The van der Waals surface area contributed by atoms with Crippen molar-refractivity contribution in [2.45, 2.75) is 6.42 Å². The van der Waals surface area contributed by atoms with Gasteiger partial charge in [-0.25, -0.2) is 0 Å². The summed E-state index contributed by atoms with van der Waals surface area (Å²) in [5.74, 6) is 0.192. The maximum absolute atomic E-state index is 11.7. The van der Waals surface area contributed by atoms with Gasteiger partial charge in [0, 0.05) is 17.4 Å². The highest BCUT2D eigenvalue weighted by atomic mass is 32.1. The first-order valence-electron chi connectivity index (χ1n) is 4.45. The number of hydrogen-bond acceptors (Lipinski definition) is 2. The minimum atomic E-state index is 0.192. The SMILES string of the molecule is O=C(Cc1ccccc1)c1ccsc1. The molecule has 0 spiro atoms. The second-order valence-electron chi connectivity index (χ2n) is 3.10. The van der Waals surface area contributed by atoms with E-state index in [9.17, 15) is 4.79 Å². The van der Waals surface area contributed by atoms with Crippen molar-refractivity contribution in [2.75, 3.05) is 0 Å². The van der Waals surface area contributed by atoms with Gasteiger partial charge in [-0.05, 0) is 17.0 Å². The van der Waals surface area contributed by atoms with Crippen LogP contribution in [-0.4, -0.2) is 5.78 Å². The van der Waals surface area contributed by atoms with Crippen LogP contribution < -0.4 is 0 Å². The molecule has 0 aliphatic carbocycles. The molecule has 1 aromatic carbocycles. The van der Waals surface area contributed by atoms with Gasteiger partial charge >= 0.3 is 0 Å². The zero-order valence-electron chi connectivity index (χ0n) is 7.64. The van der Waals surface area contributed by atoms with Gasteiger partial charge in [-0.1, -0.05) is 30.3 Å². The maximum Gasteiger partial charge on any atom is 0.168 e. The van der Waals surface area contributed by atoms with Gasteiger partial charge in [0.25, 0.3) is 0 Å². The van der Waals surface area contributed by atoms with E-state index in [4.69, 9.17) is 0 Å². The molecule has 0 fully saturated rings. The van der Waals surface area contributed by atoms with Gasteiger partial charge in [-0.15, -0.1) is 0 Å². The summed E-state index contributed by atoms with van der Waals surface area (Å²) in [6.45, 7) is 0. The average molecular weight is 202 g/mol. The molecule has 0 aliphatic rings. The Labute approximate surface area is 87.0 Å². The molecule has 2 rings (SSSR count). The highest BCUT2D eigenvalue weighted by molar-refractivity contribution is 7.08. The van der Waals surface area contributed by atoms with Gasteiger partial charge in [0.15, 0.2) is 5.78 Å². The molecule has 1 aromatic heterocycles. The summed E-state index contributed by atoms with van der Waals surface area (Å²) in [5.41, 5.74) is 1.89. The molecule has 0 atom stereocenters. The van der Waals surface area contributed by atoms with Crippen LogP contribution in [0.3, 0.4) is 0 Å². The number of hydrogen-bond donors (Lipinski definition) is 0. The third-order valence-electron chi connectivity index (χ3n) is 2.05. The monoisotopic (exact) mass is 202 g/mol. The molecule has 0 unspecified atom stereocenters. The van der Waals surface area contributed by atoms with Crippen molar-refractivity contribution in [1.29, 1.82) is 0 Å². The lowest BCUT2D eigenvalue weighted by molar-refractivity contribution is 0.0993. The number of Topliss-reactive ketones (excluding diaryl/α,β-unsaturated/α-hetero) is 1. The lowest BCUT2D eigenvalue weighted by Gasteiger charge is -1.97. The Morgan fingerprint density at radius 2 is 1.93 bits per heavy atom. The molecule has 0 saturated heterocycles. The lowest BCUT2D eigenvalue weighted by Crippen LogP contribution is -2.01. The van der Waals surface area contributed by atoms with Gasteiger partial charge in [0.2, 0.25) is 0 Å². The van der Waals surface area contributed by atoms with Crippen molar-refractivity contribution in [3.63, 3.8) is 0 Å². The minimum absolute atomic E-state index is 0.192. The lowest BCUT2D eigenvalue weighted by atomic mass is 10.1. The van der Waals surface area contributed by atoms with Gasteiger partial charge in [0.05, 0.1) is 0 Å². The van der Waals surface area contributed by atoms with Crippen LogP contribution in [0, 0.1) is 0 Å². The summed E-state index contributed by atoms with van der Waals surface area (Å²) in [4.78, 5) is 11.7. The first kappa shape index (κ1) is 9.16. The van der Waals surface area contributed by atoms with Crippen molar-refractivity contribution in [2.24, 2.45) is 0 Å². The average Bonchev–Trinajstić information content (AvgIpc) is 2.72. The molecule has 0 aliphatic heterocycles. The Kier molecular flexibility index (Phi) is 2.75. The molecule has 0 radical (unpaired) electrons. The van der Waals surface area contributed by atoms with Crippen LogP contribution in [0.2, 0.25) is 0 Å². The van der Waals surface area contributed by atoms with Crippen molar-refractivity contribution in [3.8, 4) is 0 Å². The number of ketones is 1. The predicted molar refractivity (Wildman–Crippen MR) is 58.8 cm³/mol. The molecule has 14 heavy (non-hydrogen) atoms. The predicted octanol–water partition coefficient (Wildman–Crippen LogP) is 3.17. The number of rotatable bonds is 3. The second-order valence-corrected chi connectivity index (χ2v) is 3.88. The van der Waals surface area contributed by atoms with Gasteiger partial charge < -0.3 is 0 Å². The largest absolute Gasteiger partial charge is 0.294 e. The van der Waals surface area contributed by atoms with E-state index < -0.39 is 0 Å². The standard InChI is InChI=1S/C12H10OS/c13-12(11-6-7-14-9-11)8-10-4-2-1-3-5-10/h1-7,9H,8H2. The zero-order chi connectivity index (χ0) is 9.80. The summed E-state index contributed by atoms with van der Waals surface area (Å²) in [7, 11) is 0. The highest BCUT2D eigenvalue weighted by Gasteiger charge is 2.06. The number of thiophene rings is 1. The summed E-state index contributed by atoms with van der Waals surface area (Å²) in [6, 6.07) is 11.7. The van der Waals surface area contributed by atoms with E-state index >= 15 is 0 Å². The van der Waals surface area contributed by atoms with Crippen LogP contribution >= 0.6 is 11.3 Å².